The summed E-state index contributed by atoms with van der Waals surface area (Å²) in [5.74, 6) is 0.471. The van der Waals surface area contributed by atoms with Gasteiger partial charge in [0, 0.05) is 18.8 Å². The summed E-state index contributed by atoms with van der Waals surface area (Å²) in [4.78, 5) is 15.1. The van der Waals surface area contributed by atoms with Crippen LogP contribution in [0.4, 0.5) is 11.4 Å². The Labute approximate surface area is 173 Å². The van der Waals surface area contributed by atoms with Gasteiger partial charge in [0.1, 0.15) is 0 Å². The van der Waals surface area contributed by atoms with Crippen molar-refractivity contribution >= 4 is 27.3 Å². The van der Waals surface area contributed by atoms with Crippen LogP contribution in [0.1, 0.15) is 48.7 Å². The van der Waals surface area contributed by atoms with Crippen LogP contribution in [0.3, 0.4) is 0 Å². The van der Waals surface area contributed by atoms with Gasteiger partial charge in [0.05, 0.1) is 23.5 Å². The highest BCUT2D eigenvalue weighted by atomic mass is 32.2. The van der Waals surface area contributed by atoms with E-state index < -0.39 is 10.0 Å². The van der Waals surface area contributed by atoms with E-state index in [0.717, 1.165) is 30.8 Å². The molecule has 0 bridgehead atoms. The van der Waals surface area contributed by atoms with Crippen LogP contribution in [0.2, 0.25) is 0 Å². The number of nitrogens with one attached hydrogen (secondary N) is 2. The molecule has 3 rings (SSSR count). The van der Waals surface area contributed by atoms with Crippen LogP contribution < -0.4 is 14.9 Å². The van der Waals surface area contributed by atoms with E-state index in [1.54, 1.807) is 24.3 Å². The second-order valence-corrected chi connectivity index (χ2v) is 9.62. The van der Waals surface area contributed by atoms with E-state index in [-0.39, 0.29) is 17.6 Å². The van der Waals surface area contributed by atoms with E-state index in [0.29, 0.717) is 5.56 Å². The molecule has 0 saturated carbocycles. The molecule has 1 aliphatic rings. The van der Waals surface area contributed by atoms with Crippen molar-refractivity contribution in [2.24, 2.45) is 5.92 Å². The number of hydrogen-bond donors (Lipinski definition) is 2. The van der Waals surface area contributed by atoms with E-state index in [2.05, 4.69) is 34.0 Å². The molecule has 0 spiro atoms. The lowest BCUT2D eigenvalue weighted by Crippen LogP contribution is -2.32. The Bertz CT molecular complexity index is 950. The summed E-state index contributed by atoms with van der Waals surface area (Å²) in [5.41, 5.74) is 2.78. The minimum Gasteiger partial charge on any atom is -0.372 e. The molecule has 0 unspecified atom stereocenters. The fraction of sp³-hybridized carbons (Fsp3) is 0.409. The number of piperidine rings is 1. The zero-order valence-electron chi connectivity index (χ0n) is 17.2. The summed E-state index contributed by atoms with van der Waals surface area (Å²) in [6.07, 6.45) is 3.50. The molecule has 2 aromatic carbocycles. The number of hydrogen-bond acceptors (Lipinski definition) is 4. The number of benzene rings is 2. The highest BCUT2D eigenvalue weighted by Crippen LogP contribution is 2.25. The Hall–Kier alpha value is -2.54. The van der Waals surface area contributed by atoms with E-state index in [1.165, 1.54) is 18.5 Å². The van der Waals surface area contributed by atoms with Gasteiger partial charge < -0.3 is 10.2 Å². The van der Waals surface area contributed by atoms with Crippen LogP contribution in [-0.4, -0.2) is 33.7 Å². The van der Waals surface area contributed by atoms with Gasteiger partial charge in [0.2, 0.25) is 10.0 Å². The molecule has 1 amide bonds. The second-order valence-electron chi connectivity index (χ2n) is 7.88. The molecule has 7 heteroatoms. The van der Waals surface area contributed by atoms with Gasteiger partial charge in [0.25, 0.3) is 5.91 Å². The molecule has 156 valence electrons. The monoisotopic (exact) mass is 415 g/mol. The third-order valence-electron chi connectivity index (χ3n) is 5.36. The van der Waals surface area contributed by atoms with Crippen molar-refractivity contribution in [3.8, 4) is 0 Å². The number of anilines is 2. The maximum Gasteiger partial charge on any atom is 0.253 e. The van der Waals surface area contributed by atoms with Crippen molar-refractivity contribution in [2.75, 3.05) is 29.0 Å². The van der Waals surface area contributed by atoms with Gasteiger partial charge in [-0.05, 0) is 55.5 Å². The fourth-order valence-electron chi connectivity index (χ4n) is 3.57. The van der Waals surface area contributed by atoms with Gasteiger partial charge in [-0.15, -0.1) is 0 Å². The molecule has 1 heterocycles. The lowest BCUT2D eigenvalue weighted by molar-refractivity contribution is 0.0941. The summed E-state index contributed by atoms with van der Waals surface area (Å²) in [7, 11) is -3.47. The minimum absolute atomic E-state index is 0.204. The Balaban J connectivity index is 1.67. The van der Waals surface area contributed by atoms with Gasteiger partial charge in [-0.3, -0.25) is 9.52 Å². The van der Waals surface area contributed by atoms with Crippen molar-refractivity contribution in [1.29, 1.82) is 0 Å². The smallest absolute Gasteiger partial charge is 0.253 e. The highest BCUT2D eigenvalue weighted by Gasteiger charge is 2.18. The SMILES string of the molecule is CC1CCN(c2ccc([C@H](C)NC(=O)c3ccccc3NS(C)(=O)=O)cc2)CC1. The predicted octanol–water partition coefficient (Wildman–Crippen LogP) is 3.79. The highest BCUT2D eigenvalue weighted by molar-refractivity contribution is 7.92. The number of para-hydroxylation sites is 1. The number of sulfonamides is 1. The van der Waals surface area contributed by atoms with Gasteiger partial charge in [0.15, 0.2) is 0 Å². The molecule has 2 N–H and O–H groups in total. The van der Waals surface area contributed by atoms with Crippen molar-refractivity contribution in [1.82, 2.24) is 5.32 Å². The predicted molar refractivity (Wildman–Crippen MR) is 118 cm³/mol. The lowest BCUT2D eigenvalue weighted by Gasteiger charge is -2.32. The van der Waals surface area contributed by atoms with Gasteiger partial charge >= 0.3 is 0 Å². The largest absolute Gasteiger partial charge is 0.372 e. The third-order valence-corrected chi connectivity index (χ3v) is 5.95. The topological polar surface area (TPSA) is 78.5 Å². The number of carbonyl (C=O) groups is 1. The fourth-order valence-corrected chi connectivity index (χ4v) is 4.15. The van der Waals surface area contributed by atoms with Crippen molar-refractivity contribution in [2.45, 2.75) is 32.7 Å². The minimum atomic E-state index is -3.47. The van der Waals surface area contributed by atoms with Gasteiger partial charge in [-0.1, -0.05) is 31.2 Å². The first-order chi connectivity index (χ1) is 13.7. The summed E-state index contributed by atoms with van der Waals surface area (Å²) in [6, 6.07) is 14.7. The molecule has 0 aliphatic carbocycles. The molecule has 0 aromatic heterocycles. The van der Waals surface area contributed by atoms with E-state index in [1.807, 2.05) is 19.1 Å². The normalized spacial score (nSPS) is 16.3. The number of rotatable bonds is 6. The molecule has 1 saturated heterocycles. The lowest BCUT2D eigenvalue weighted by atomic mass is 9.98. The van der Waals surface area contributed by atoms with Gasteiger partial charge in [-0.25, -0.2) is 8.42 Å². The van der Waals surface area contributed by atoms with E-state index in [4.69, 9.17) is 0 Å². The quantitative estimate of drug-likeness (QED) is 0.752. The maximum atomic E-state index is 12.7. The molecule has 2 aromatic rings. The second kappa shape index (κ2) is 8.86. The summed E-state index contributed by atoms with van der Waals surface area (Å²) >= 11 is 0. The first-order valence-electron chi connectivity index (χ1n) is 9.95. The Morgan fingerprint density at radius 3 is 2.31 bits per heavy atom. The summed E-state index contributed by atoms with van der Waals surface area (Å²) < 4.78 is 25.5. The summed E-state index contributed by atoms with van der Waals surface area (Å²) in [6.45, 7) is 6.38. The molecular weight excluding hydrogens is 386 g/mol. The molecule has 1 fully saturated rings. The first kappa shape index (κ1) is 21.2. The van der Waals surface area contributed by atoms with Crippen LogP contribution in [0, 0.1) is 5.92 Å². The van der Waals surface area contributed by atoms with Crippen molar-refractivity contribution in [3.63, 3.8) is 0 Å². The van der Waals surface area contributed by atoms with Crippen LogP contribution in [0.5, 0.6) is 0 Å². The first-order valence-corrected chi connectivity index (χ1v) is 11.8. The van der Waals surface area contributed by atoms with Crippen LogP contribution in [0.15, 0.2) is 48.5 Å². The average molecular weight is 416 g/mol. The Morgan fingerprint density at radius 1 is 1.07 bits per heavy atom. The molecule has 1 atom stereocenters. The number of nitrogens with zero attached hydrogens (tertiary/aromatic N) is 1. The number of amides is 1. The van der Waals surface area contributed by atoms with Crippen LogP contribution >= 0.6 is 0 Å². The Morgan fingerprint density at radius 2 is 1.69 bits per heavy atom. The molecule has 29 heavy (non-hydrogen) atoms. The molecular formula is C22H29N3O3S. The molecule has 1 aliphatic heterocycles. The van der Waals surface area contributed by atoms with E-state index in [9.17, 15) is 13.2 Å². The van der Waals surface area contributed by atoms with Crippen molar-refractivity contribution in [3.05, 3.63) is 59.7 Å². The number of carbonyl (C=O) groups excluding carboxylic acids is 1. The van der Waals surface area contributed by atoms with Crippen LogP contribution in [0.25, 0.3) is 0 Å². The van der Waals surface area contributed by atoms with Crippen LogP contribution in [-0.2, 0) is 10.0 Å². The zero-order valence-corrected chi connectivity index (χ0v) is 18.0. The molecule has 0 radical (unpaired) electrons. The maximum absolute atomic E-state index is 12.7. The standard InChI is InChI=1S/C22H29N3O3S/c1-16-12-14-25(15-13-16)19-10-8-18(9-11-19)17(2)23-22(26)20-6-4-5-7-21(20)24-29(3,27)28/h4-11,16-17,24H,12-15H2,1-3H3,(H,23,26)/t17-/m0/s1. The Kier molecular flexibility index (Phi) is 6.47. The third kappa shape index (κ3) is 5.73. The van der Waals surface area contributed by atoms with Gasteiger partial charge in [-0.2, -0.15) is 0 Å². The average Bonchev–Trinajstić information content (AvgIpc) is 2.68. The van der Waals surface area contributed by atoms with E-state index >= 15 is 0 Å². The zero-order chi connectivity index (χ0) is 21.0. The summed E-state index contributed by atoms with van der Waals surface area (Å²) in [5, 5.41) is 2.96. The molecule has 6 nitrogen and oxygen atoms in total. The van der Waals surface area contributed by atoms with Crippen molar-refractivity contribution < 1.29 is 13.2 Å².